The van der Waals surface area contributed by atoms with Crippen molar-refractivity contribution in [3.63, 3.8) is 0 Å². The van der Waals surface area contributed by atoms with Crippen LogP contribution in [0.2, 0.25) is 0 Å². The van der Waals surface area contributed by atoms with Crippen LogP contribution in [0.1, 0.15) is 44.6 Å². The van der Waals surface area contributed by atoms with Gasteiger partial charge in [0.25, 0.3) is 0 Å². The number of thioether (sulfide) groups is 1. The number of nitrogens with zero attached hydrogens (tertiary/aromatic N) is 2. The smallest absolute Gasteiger partial charge is 0.310 e. The minimum absolute atomic E-state index is 0. The van der Waals surface area contributed by atoms with E-state index in [-0.39, 0.29) is 34.0 Å². The molecule has 4 rings (SSSR count). The number of rotatable bonds is 8. The number of esters is 1. The summed E-state index contributed by atoms with van der Waals surface area (Å²) >= 11 is 20.0. The van der Waals surface area contributed by atoms with Crippen molar-refractivity contribution in [3.8, 4) is 0 Å². The maximum Gasteiger partial charge on any atom is 0.310 e. The predicted octanol–water partition coefficient (Wildman–Crippen LogP) is 8.31. The molecule has 224 valence electrons. The molecule has 0 saturated heterocycles. The number of alkyl halides is 3. The van der Waals surface area contributed by atoms with Crippen molar-refractivity contribution in [3.05, 3.63) is 78.5 Å². The fraction of sp³-hybridized carbons (Fsp3) is 0.333. The van der Waals surface area contributed by atoms with Crippen LogP contribution in [0.15, 0.2) is 77.9 Å². The number of benzene rings is 2. The van der Waals surface area contributed by atoms with Gasteiger partial charge in [-0.25, -0.2) is 4.99 Å². The Morgan fingerprint density at radius 1 is 1.05 bits per heavy atom. The Labute approximate surface area is 275 Å². The lowest BCUT2D eigenvalue weighted by Gasteiger charge is -2.25. The van der Waals surface area contributed by atoms with E-state index in [0.717, 1.165) is 54.8 Å². The maximum absolute atomic E-state index is 12.8. The predicted molar refractivity (Wildman–Crippen MR) is 181 cm³/mol. The summed E-state index contributed by atoms with van der Waals surface area (Å²) in [6.07, 6.45) is 8.26. The Bertz CT molecular complexity index is 1390. The fourth-order valence-electron chi connectivity index (χ4n) is 4.42. The molecule has 2 unspecified atom stereocenters. The molecule has 2 aromatic carbocycles. The van der Waals surface area contributed by atoms with E-state index in [1.165, 1.54) is 6.08 Å². The average Bonchev–Trinajstić information content (AvgIpc) is 2.96. The summed E-state index contributed by atoms with van der Waals surface area (Å²) < 4.78 is 3.79. The Balaban J connectivity index is 0.00000484. The van der Waals surface area contributed by atoms with E-state index < -0.39 is 21.3 Å². The molecule has 1 aliphatic rings. The number of pyridine rings is 1. The molecule has 1 aromatic heterocycles. The molecular weight excluding hydrogens is 683 g/mol. The Morgan fingerprint density at radius 2 is 1.76 bits per heavy atom. The first-order valence-corrected chi connectivity index (χ1v) is 15.4. The van der Waals surface area contributed by atoms with Gasteiger partial charge >= 0.3 is 5.97 Å². The molecule has 1 aliphatic carbocycles. The zero-order valence-corrected chi connectivity index (χ0v) is 27.6. The molecule has 12 heteroatoms. The molecule has 42 heavy (non-hydrogen) atoms. The number of aliphatic imine (C=N–C) groups is 1. The van der Waals surface area contributed by atoms with E-state index in [1.807, 2.05) is 60.7 Å². The number of aromatic nitrogens is 1. The van der Waals surface area contributed by atoms with Crippen molar-refractivity contribution in [2.75, 3.05) is 5.32 Å². The fourth-order valence-corrected chi connectivity index (χ4v) is 5.52. The molecule has 7 nitrogen and oxygen atoms in total. The normalized spacial score (nSPS) is 16.0. The number of hydrogen-bond acceptors (Lipinski definition) is 6. The zero-order chi connectivity index (χ0) is 29.2. The van der Waals surface area contributed by atoms with Crippen LogP contribution in [0.5, 0.6) is 0 Å². The highest BCUT2D eigenvalue weighted by atomic mass is 79.9. The molecule has 0 bridgehead atoms. The minimum atomic E-state index is -1.98. The molecule has 0 aliphatic heterocycles. The summed E-state index contributed by atoms with van der Waals surface area (Å²) in [6.45, 7) is 1.76. The minimum Gasteiger partial charge on any atom is -0.451 e. The highest BCUT2D eigenvalue weighted by Crippen LogP contribution is 2.33. The monoisotopic (exact) mass is 712 g/mol. The number of anilines is 1. The van der Waals surface area contributed by atoms with Gasteiger partial charge in [0.15, 0.2) is 16.8 Å². The van der Waals surface area contributed by atoms with Crippen LogP contribution >= 0.6 is 63.5 Å². The summed E-state index contributed by atoms with van der Waals surface area (Å²) in [6, 6.07) is 18.8. The first kappa shape index (κ1) is 34.2. The third-order valence-corrected chi connectivity index (χ3v) is 7.91. The molecule has 1 amide bonds. The van der Waals surface area contributed by atoms with Gasteiger partial charge in [-0.2, -0.15) is 0 Å². The molecule has 2 atom stereocenters. The molecular formula is C30H32BrCl3N4O3S. The number of amides is 1. The van der Waals surface area contributed by atoms with Crippen LogP contribution in [-0.2, 0) is 14.3 Å². The SMILES string of the molecule is Br.CC(OC(=O)C1CCCCC1)SC(=NC(NC(=O)/C=C/c1ccccc1)C(Cl)(Cl)Cl)Nc1cccc2cccnc12. The van der Waals surface area contributed by atoms with Crippen molar-refractivity contribution >= 4 is 103 Å². The second-order valence-electron chi connectivity index (χ2n) is 9.59. The molecule has 1 heterocycles. The third kappa shape index (κ3) is 10.5. The van der Waals surface area contributed by atoms with Crippen molar-refractivity contribution in [2.24, 2.45) is 10.9 Å². The Kier molecular flexibility index (Phi) is 13.5. The number of hydrogen-bond donors (Lipinski definition) is 2. The van der Waals surface area contributed by atoms with Gasteiger partial charge < -0.3 is 15.4 Å². The number of ether oxygens (including phenoxy) is 1. The van der Waals surface area contributed by atoms with Crippen LogP contribution in [-0.4, -0.2) is 37.4 Å². The van der Waals surface area contributed by atoms with Crippen LogP contribution in [0.25, 0.3) is 17.0 Å². The third-order valence-electron chi connectivity index (χ3n) is 6.43. The lowest BCUT2D eigenvalue weighted by atomic mass is 9.89. The number of halogens is 4. The largest absolute Gasteiger partial charge is 0.451 e. The lowest BCUT2D eigenvalue weighted by molar-refractivity contribution is -0.150. The van der Waals surface area contributed by atoms with E-state index >= 15 is 0 Å². The van der Waals surface area contributed by atoms with E-state index in [4.69, 9.17) is 39.5 Å². The van der Waals surface area contributed by atoms with Crippen LogP contribution in [0, 0.1) is 5.92 Å². The van der Waals surface area contributed by atoms with Gasteiger partial charge in [0.05, 0.1) is 17.1 Å². The topological polar surface area (TPSA) is 92.7 Å². The zero-order valence-electron chi connectivity index (χ0n) is 22.8. The van der Waals surface area contributed by atoms with Crippen LogP contribution in [0.4, 0.5) is 5.69 Å². The summed E-state index contributed by atoms with van der Waals surface area (Å²) in [7, 11) is 0. The quantitative estimate of drug-likeness (QED) is 0.0609. The van der Waals surface area contributed by atoms with Crippen molar-refractivity contribution in [1.29, 1.82) is 0 Å². The van der Waals surface area contributed by atoms with Gasteiger partial charge in [-0.1, -0.05) is 103 Å². The number of carbonyl (C=O) groups is 2. The first-order chi connectivity index (χ1) is 19.7. The molecule has 0 radical (unpaired) electrons. The van der Waals surface area contributed by atoms with Crippen molar-refractivity contribution in [2.45, 2.75) is 54.4 Å². The highest BCUT2D eigenvalue weighted by molar-refractivity contribution is 8.93. The van der Waals surface area contributed by atoms with Crippen LogP contribution in [0.3, 0.4) is 0 Å². The number of para-hydroxylation sites is 1. The number of nitrogens with one attached hydrogen (secondary N) is 2. The summed E-state index contributed by atoms with van der Waals surface area (Å²) in [4.78, 5) is 34.7. The van der Waals surface area contributed by atoms with Gasteiger partial charge in [0.2, 0.25) is 9.70 Å². The molecule has 1 saturated carbocycles. The molecule has 2 N–H and O–H groups in total. The van der Waals surface area contributed by atoms with Gasteiger partial charge in [0, 0.05) is 17.7 Å². The van der Waals surface area contributed by atoms with E-state index in [0.29, 0.717) is 11.2 Å². The van der Waals surface area contributed by atoms with Gasteiger partial charge in [-0.05, 0) is 55.3 Å². The van der Waals surface area contributed by atoms with Gasteiger partial charge in [-0.3, -0.25) is 14.6 Å². The van der Waals surface area contributed by atoms with Crippen molar-refractivity contribution < 1.29 is 14.3 Å². The Hall–Kier alpha value is -2.30. The lowest BCUT2D eigenvalue weighted by Crippen LogP contribution is -2.42. The van der Waals surface area contributed by atoms with Crippen LogP contribution < -0.4 is 10.6 Å². The molecule has 0 spiro atoms. The molecule has 3 aromatic rings. The summed E-state index contributed by atoms with van der Waals surface area (Å²) in [5.74, 6) is -0.831. The van der Waals surface area contributed by atoms with E-state index in [1.54, 1.807) is 19.2 Å². The first-order valence-electron chi connectivity index (χ1n) is 13.3. The number of fused-ring (bicyclic) bond motifs is 1. The Morgan fingerprint density at radius 3 is 2.48 bits per heavy atom. The maximum atomic E-state index is 12.8. The standard InChI is InChI=1S/C30H31Cl3N4O3S.BrH/c1-20(40-27(39)23-12-6-3-7-13-23)41-29(35-24-16-8-14-22-15-9-19-34-26(22)24)37-28(30(31,32)33)36-25(38)18-17-21-10-4-2-5-11-21;/h2,4-5,8-11,14-20,23,28H,3,6-7,12-13H2,1H3,(H,35,37)(H,36,38);1H/b18-17+;. The number of amidine groups is 1. The summed E-state index contributed by atoms with van der Waals surface area (Å²) in [5.41, 5.74) is 1.59. The highest BCUT2D eigenvalue weighted by Gasteiger charge is 2.34. The van der Waals surface area contributed by atoms with Gasteiger partial charge in [0.1, 0.15) is 0 Å². The van der Waals surface area contributed by atoms with E-state index in [9.17, 15) is 9.59 Å². The number of carbonyl (C=O) groups excluding carboxylic acids is 2. The second-order valence-corrected chi connectivity index (χ2v) is 13.2. The second kappa shape index (κ2) is 16.5. The average molecular weight is 715 g/mol. The summed E-state index contributed by atoms with van der Waals surface area (Å²) in [5, 5.41) is 7.10. The van der Waals surface area contributed by atoms with Gasteiger partial charge in [-0.15, -0.1) is 17.0 Å². The van der Waals surface area contributed by atoms with Crippen molar-refractivity contribution in [1.82, 2.24) is 10.3 Å². The van der Waals surface area contributed by atoms with E-state index in [2.05, 4.69) is 20.6 Å². The molecule has 1 fully saturated rings.